The molecule has 1 saturated carbocycles. The van der Waals surface area contributed by atoms with Gasteiger partial charge in [-0.3, -0.25) is 9.69 Å². The maximum absolute atomic E-state index is 12.5. The maximum Gasteiger partial charge on any atom is 0.307 e. The average Bonchev–Trinajstić information content (AvgIpc) is 3.44. The Morgan fingerprint density at radius 2 is 2.00 bits per heavy atom. The number of carbonyl (C=O) groups is 1. The van der Waals surface area contributed by atoms with Crippen LogP contribution in [-0.2, 0) is 32.6 Å². The fourth-order valence-corrected chi connectivity index (χ4v) is 4.51. The highest BCUT2D eigenvalue weighted by molar-refractivity contribution is 7.89. The number of imidazole rings is 1. The molecule has 0 unspecified atom stereocenters. The summed E-state index contributed by atoms with van der Waals surface area (Å²) in [5.74, 6) is 1.39. The maximum atomic E-state index is 12.5. The Hall–Kier alpha value is -1.97. The number of sulfonamides is 1. The second-order valence-electron chi connectivity index (χ2n) is 7.94. The molecule has 0 bridgehead atoms. The van der Waals surface area contributed by atoms with E-state index in [1.165, 1.54) is 31.2 Å². The van der Waals surface area contributed by atoms with Gasteiger partial charge in [0.25, 0.3) is 0 Å². The zero-order chi connectivity index (χ0) is 21.9. The molecule has 1 aliphatic rings. The summed E-state index contributed by atoms with van der Waals surface area (Å²) in [6, 6.07) is 5.11. The Labute approximate surface area is 178 Å². The molecule has 30 heavy (non-hydrogen) atoms. The molecule has 1 heterocycles. The molecule has 1 fully saturated rings. The number of nitrogens with zero attached hydrogens (tertiary/aromatic N) is 4. The Balaban J connectivity index is 1.86. The van der Waals surface area contributed by atoms with Gasteiger partial charge < -0.3 is 9.30 Å². The van der Waals surface area contributed by atoms with E-state index in [0.717, 1.165) is 24.4 Å². The molecule has 0 spiro atoms. The molecular formula is C21H32N4O4S. The van der Waals surface area contributed by atoms with Crippen LogP contribution in [0.4, 0.5) is 0 Å². The van der Waals surface area contributed by atoms with Crippen LogP contribution in [0, 0.1) is 5.92 Å². The van der Waals surface area contributed by atoms with Gasteiger partial charge in [-0.1, -0.05) is 0 Å². The molecule has 8 nitrogen and oxygen atoms in total. The molecule has 2 aromatic rings. The van der Waals surface area contributed by atoms with Crippen molar-refractivity contribution in [2.24, 2.45) is 5.92 Å². The summed E-state index contributed by atoms with van der Waals surface area (Å²) in [4.78, 5) is 19.1. The number of aryl methyl sites for hydroxylation is 1. The molecule has 0 saturated heterocycles. The van der Waals surface area contributed by atoms with E-state index in [1.807, 2.05) is 13.0 Å². The molecule has 3 rings (SSSR count). The standard InChI is InChI=1S/C21H32N4O4S/c1-5-25-19-10-9-17(30(27,28)23(3)4)13-18(19)22-20(25)15-24(14-16-7-8-16)12-11-21(26)29-6-2/h9-10,13,16H,5-8,11-12,14-15H2,1-4H3. The molecule has 1 aliphatic carbocycles. The van der Waals surface area contributed by atoms with Crippen molar-refractivity contribution >= 4 is 27.0 Å². The smallest absolute Gasteiger partial charge is 0.307 e. The van der Waals surface area contributed by atoms with E-state index >= 15 is 0 Å². The van der Waals surface area contributed by atoms with Gasteiger partial charge in [-0.2, -0.15) is 0 Å². The number of hydrogen-bond donors (Lipinski definition) is 0. The molecular weight excluding hydrogens is 404 g/mol. The van der Waals surface area contributed by atoms with Gasteiger partial charge in [0.05, 0.1) is 35.5 Å². The molecule has 0 radical (unpaired) electrons. The highest BCUT2D eigenvalue weighted by atomic mass is 32.2. The highest BCUT2D eigenvalue weighted by Gasteiger charge is 2.26. The second-order valence-corrected chi connectivity index (χ2v) is 10.1. The van der Waals surface area contributed by atoms with E-state index in [4.69, 9.17) is 9.72 Å². The number of rotatable bonds is 11. The van der Waals surface area contributed by atoms with Crippen molar-refractivity contribution in [3.63, 3.8) is 0 Å². The fourth-order valence-electron chi connectivity index (χ4n) is 3.59. The first-order chi connectivity index (χ1) is 14.3. The van der Waals surface area contributed by atoms with Crippen molar-refractivity contribution in [3.8, 4) is 0 Å². The first kappa shape index (κ1) is 22.7. The Kier molecular flexibility index (Phi) is 7.15. The predicted octanol–water partition coefficient (Wildman–Crippen LogP) is 2.47. The SMILES string of the molecule is CCOC(=O)CCN(Cc1nc2cc(S(=O)(=O)N(C)C)ccc2n1CC)CC1CC1. The quantitative estimate of drug-likeness (QED) is 0.503. The fraction of sp³-hybridized carbons (Fsp3) is 0.619. The van der Waals surface area contributed by atoms with Crippen molar-refractivity contribution in [2.45, 2.75) is 51.1 Å². The van der Waals surface area contributed by atoms with Crippen LogP contribution in [0.2, 0.25) is 0 Å². The van der Waals surface area contributed by atoms with E-state index in [-0.39, 0.29) is 10.9 Å². The Morgan fingerprint density at radius 1 is 1.27 bits per heavy atom. The summed E-state index contributed by atoms with van der Waals surface area (Å²) in [6.45, 7) is 7.18. The van der Waals surface area contributed by atoms with Crippen molar-refractivity contribution < 1.29 is 17.9 Å². The third kappa shape index (κ3) is 5.19. The van der Waals surface area contributed by atoms with E-state index in [1.54, 1.807) is 12.1 Å². The van der Waals surface area contributed by atoms with Crippen LogP contribution in [0.3, 0.4) is 0 Å². The summed E-state index contributed by atoms with van der Waals surface area (Å²) in [7, 11) is -0.465. The summed E-state index contributed by atoms with van der Waals surface area (Å²) in [6.07, 6.45) is 2.82. The third-order valence-corrected chi connectivity index (χ3v) is 7.22. The van der Waals surface area contributed by atoms with Crippen LogP contribution in [0.15, 0.2) is 23.1 Å². The number of esters is 1. The molecule has 1 aromatic carbocycles. The first-order valence-corrected chi connectivity index (χ1v) is 12.0. The van der Waals surface area contributed by atoms with Crippen molar-refractivity contribution in [1.29, 1.82) is 0 Å². The van der Waals surface area contributed by atoms with Crippen LogP contribution in [-0.4, -0.2) is 66.9 Å². The molecule has 166 valence electrons. The van der Waals surface area contributed by atoms with E-state index in [2.05, 4.69) is 16.4 Å². The van der Waals surface area contributed by atoms with Gasteiger partial charge in [-0.05, 0) is 50.8 Å². The van der Waals surface area contributed by atoms with Gasteiger partial charge in [-0.15, -0.1) is 0 Å². The van der Waals surface area contributed by atoms with Crippen molar-refractivity contribution in [1.82, 2.24) is 18.8 Å². The van der Waals surface area contributed by atoms with Crippen LogP contribution in [0.5, 0.6) is 0 Å². The Morgan fingerprint density at radius 3 is 2.60 bits per heavy atom. The van der Waals surface area contributed by atoms with Crippen LogP contribution < -0.4 is 0 Å². The summed E-state index contributed by atoms with van der Waals surface area (Å²) in [5, 5.41) is 0. The monoisotopic (exact) mass is 436 g/mol. The number of aromatic nitrogens is 2. The lowest BCUT2D eigenvalue weighted by Crippen LogP contribution is -2.30. The van der Waals surface area contributed by atoms with Gasteiger partial charge in [0.1, 0.15) is 5.82 Å². The third-order valence-electron chi connectivity index (χ3n) is 5.41. The van der Waals surface area contributed by atoms with Gasteiger partial charge in [-0.25, -0.2) is 17.7 Å². The number of benzene rings is 1. The average molecular weight is 437 g/mol. The largest absolute Gasteiger partial charge is 0.466 e. The molecule has 0 atom stereocenters. The molecule has 0 amide bonds. The zero-order valence-corrected chi connectivity index (χ0v) is 19.1. The second kappa shape index (κ2) is 9.45. The van der Waals surface area contributed by atoms with Crippen LogP contribution in [0.25, 0.3) is 11.0 Å². The number of hydrogen-bond acceptors (Lipinski definition) is 6. The highest BCUT2D eigenvalue weighted by Crippen LogP contribution is 2.30. The summed E-state index contributed by atoms with van der Waals surface area (Å²) < 4.78 is 33.4. The van der Waals surface area contributed by atoms with E-state index in [0.29, 0.717) is 37.6 Å². The topological polar surface area (TPSA) is 84.7 Å². The normalized spacial score (nSPS) is 14.7. The summed E-state index contributed by atoms with van der Waals surface area (Å²) in [5.41, 5.74) is 1.59. The lowest BCUT2D eigenvalue weighted by Gasteiger charge is -2.22. The van der Waals surface area contributed by atoms with Crippen molar-refractivity contribution in [2.75, 3.05) is 33.8 Å². The van der Waals surface area contributed by atoms with Gasteiger partial charge >= 0.3 is 5.97 Å². The number of carbonyl (C=O) groups excluding carboxylic acids is 1. The predicted molar refractivity (Wildman–Crippen MR) is 116 cm³/mol. The van der Waals surface area contributed by atoms with Gasteiger partial charge in [0.15, 0.2) is 0 Å². The van der Waals surface area contributed by atoms with Crippen molar-refractivity contribution in [3.05, 3.63) is 24.0 Å². The molecule has 1 aromatic heterocycles. The summed E-state index contributed by atoms with van der Waals surface area (Å²) >= 11 is 0. The minimum atomic E-state index is -3.51. The first-order valence-electron chi connectivity index (χ1n) is 10.6. The number of fused-ring (bicyclic) bond motifs is 1. The van der Waals surface area contributed by atoms with Crippen LogP contribution >= 0.6 is 0 Å². The minimum absolute atomic E-state index is 0.180. The molecule has 0 aliphatic heterocycles. The van der Waals surface area contributed by atoms with Gasteiger partial charge in [0, 0.05) is 33.7 Å². The lowest BCUT2D eigenvalue weighted by atomic mass is 10.3. The number of ether oxygens (including phenoxy) is 1. The lowest BCUT2D eigenvalue weighted by molar-refractivity contribution is -0.143. The minimum Gasteiger partial charge on any atom is -0.466 e. The molecule has 0 N–H and O–H groups in total. The molecule has 9 heteroatoms. The van der Waals surface area contributed by atoms with E-state index < -0.39 is 10.0 Å². The van der Waals surface area contributed by atoms with Gasteiger partial charge in [0.2, 0.25) is 10.0 Å². The Bertz CT molecular complexity index is 996. The van der Waals surface area contributed by atoms with E-state index in [9.17, 15) is 13.2 Å². The zero-order valence-electron chi connectivity index (χ0n) is 18.3. The van der Waals surface area contributed by atoms with Crippen LogP contribution in [0.1, 0.15) is 38.9 Å².